The minimum atomic E-state index is -0.335. The van der Waals surface area contributed by atoms with Crippen LogP contribution in [0.15, 0.2) is 23.2 Å². The normalized spacial score (nSPS) is 15.2. The van der Waals surface area contributed by atoms with Gasteiger partial charge in [0.05, 0.1) is 18.6 Å². The van der Waals surface area contributed by atoms with E-state index in [1.807, 2.05) is 34.0 Å². The largest absolute Gasteiger partial charge is 0.491 e. The molecule has 0 aliphatic heterocycles. The first-order valence-corrected chi connectivity index (χ1v) is 10.9. The van der Waals surface area contributed by atoms with E-state index < -0.39 is 0 Å². The van der Waals surface area contributed by atoms with Crippen molar-refractivity contribution in [2.45, 2.75) is 46.1 Å². The van der Waals surface area contributed by atoms with Gasteiger partial charge in [0.1, 0.15) is 12.4 Å². The van der Waals surface area contributed by atoms with Crippen LogP contribution in [-0.2, 0) is 16.1 Å². The molecule has 2 rings (SSSR count). The average Bonchev–Trinajstić information content (AvgIpc) is 3.20. The van der Waals surface area contributed by atoms with Crippen LogP contribution in [0.5, 0.6) is 5.75 Å². The Morgan fingerprint density at radius 3 is 2.52 bits per heavy atom. The summed E-state index contributed by atoms with van der Waals surface area (Å²) in [6.07, 6.45) is 4.04. The lowest BCUT2D eigenvalue weighted by atomic mass is 9.84. The lowest BCUT2D eigenvalue weighted by Crippen LogP contribution is -2.49. The third kappa shape index (κ3) is 8.14. The molecule has 0 aromatic heterocycles. The molecule has 0 saturated heterocycles. The molecule has 2 N–H and O–H groups in total. The number of hydrogen-bond acceptors (Lipinski definition) is 4. The molecule has 0 bridgehead atoms. The monoisotopic (exact) mass is 546 g/mol. The molecule has 176 valence electrons. The fourth-order valence-corrected chi connectivity index (χ4v) is 3.91. The number of rotatable bonds is 10. The SMILES string of the molecule is CCNC(=NCc1ccc(C)cc1OCCOC)NCC1(C(=O)N(C)C)CCCC1.I. The summed E-state index contributed by atoms with van der Waals surface area (Å²) in [4.78, 5) is 19.3. The maximum atomic E-state index is 12.8. The summed E-state index contributed by atoms with van der Waals surface area (Å²) >= 11 is 0. The standard InChI is InChI=1S/C23H38N4O3.HI/c1-6-24-22(26-17-23(11-7-8-12-23)21(28)27(3)4)25-16-19-10-9-18(2)15-20(19)30-14-13-29-5;/h9-10,15H,6-8,11-14,16-17H2,1-5H3,(H2,24,25,26);1H. The summed E-state index contributed by atoms with van der Waals surface area (Å²) in [6.45, 7) is 6.98. The van der Waals surface area contributed by atoms with Crippen molar-refractivity contribution in [3.8, 4) is 5.75 Å². The highest BCUT2D eigenvalue weighted by atomic mass is 127. The van der Waals surface area contributed by atoms with E-state index in [4.69, 9.17) is 14.5 Å². The Hall–Kier alpha value is -1.55. The number of halogens is 1. The van der Waals surface area contributed by atoms with Gasteiger partial charge in [0, 0.05) is 39.9 Å². The number of carbonyl (C=O) groups is 1. The first-order chi connectivity index (χ1) is 14.4. The summed E-state index contributed by atoms with van der Waals surface area (Å²) in [7, 11) is 5.34. The molecular weight excluding hydrogens is 507 g/mol. The number of nitrogens with zero attached hydrogens (tertiary/aromatic N) is 2. The van der Waals surface area contributed by atoms with Crippen molar-refractivity contribution in [2.75, 3.05) is 47.5 Å². The third-order valence-corrected chi connectivity index (χ3v) is 5.53. The Kier molecular flexibility index (Phi) is 12.2. The van der Waals surface area contributed by atoms with Gasteiger partial charge < -0.3 is 25.0 Å². The second kappa shape index (κ2) is 13.8. The molecule has 0 atom stereocenters. The van der Waals surface area contributed by atoms with Gasteiger partial charge in [0.2, 0.25) is 5.91 Å². The van der Waals surface area contributed by atoms with Crippen LogP contribution in [0.1, 0.15) is 43.7 Å². The number of hydrogen-bond donors (Lipinski definition) is 2. The Morgan fingerprint density at radius 1 is 1.19 bits per heavy atom. The minimum Gasteiger partial charge on any atom is -0.491 e. The lowest BCUT2D eigenvalue weighted by Gasteiger charge is -2.31. The second-order valence-electron chi connectivity index (χ2n) is 8.19. The quantitative estimate of drug-likeness (QED) is 0.204. The number of aryl methyl sites for hydroxylation is 1. The first-order valence-electron chi connectivity index (χ1n) is 10.9. The van der Waals surface area contributed by atoms with Gasteiger partial charge in [-0.25, -0.2) is 4.99 Å². The molecular formula is C23H39IN4O3. The highest BCUT2D eigenvalue weighted by Crippen LogP contribution is 2.38. The highest BCUT2D eigenvalue weighted by Gasteiger charge is 2.42. The second-order valence-corrected chi connectivity index (χ2v) is 8.19. The number of carbonyl (C=O) groups excluding carboxylic acids is 1. The summed E-state index contributed by atoms with van der Waals surface area (Å²) in [5.74, 6) is 1.76. The zero-order valence-electron chi connectivity index (χ0n) is 19.6. The molecule has 0 spiro atoms. The van der Waals surface area contributed by atoms with E-state index in [0.717, 1.165) is 55.1 Å². The van der Waals surface area contributed by atoms with Crippen molar-refractivity contribution < 1.29 is 14.3 Å². The molecule has 1 aromatic rings. The van der Waals surface area contributed by atoms with E-state index in [-0.39, 0.29) is 35.3 Å². The van der Waals surface area contributed by atoms with Crippen molar-refractivity contribution in [3.05, 3.63) is 29.3 Å². The summed E-state index contributed by atoms with van der Waals surface area (Å²) in [6, 6.07) is 6.15. The summed E-state index contributed by atoms with van der Waals surface area (Å²) in [5.41, 5.74) is 1.83. The number of guanidine groups is 1. The molecule has 1 fully saturated rings. The number of amides is 1. The van der Waals surface area contributed by atoms with Crippen LogP contribution in [0.2, 0.25) is 0 Å². The summed E-state index contributed by atoms with van der Waals surface area (Å²) < 4.78 is 11.0. The van der Waals surface area contributed by atoms with Crippen molar-refractivity contribution >= 4 is 35.8 Å². The van der Waals surface area contributed by atoms with E-state index in [0.29, 0.717) is 26.3 Å². The lowest BCUT2D eigenvalue weighted by molar-refractivity contribution is -0.138. The van der Waals surface area contributed by atoms with Crippen LogP contribution in [0, 0.1) is 12.3 Å². The van der Waals surface area contributed by atoms with Gasteiger partial charge in [-0.05, 0) is 38.3 Å². The van der Waals surface area contributed by atoms with Gasteiger partial charge in [-0.1, -0.05) is 25.0 Å². The number of nitrogens with one attached hydrogen (secondary N) is 2. The van der Waals surface area contributed by atoms with Crippen LogP contribution >= 0.6 is 24.0 Å². The maximum absolute atomic E-state index is 12.8. The van der Waals surface area contributed by atoms with E-state index in [1.165, 1.54) is 0 Å². The minimum absolute atomic E-state index is 0. The highest BCUT2D eigenvalue weighted by molar-refractivity contribution is 14.0. The smallest absolute Gasteiger partial charge is 0.230 e. The molecule has 7 nitrogen and oxygen atoms in total. The average molecular weight is 546 g/mol. The molecule has 0 radical (unpaired) electrons. The predicted molar refractivity (Wildman–Crippen MR) is 136 cm³/mol. The number of aliphatic imine (C=N–C) groups is 1. The number of ether oxygens (including phenoxy) is 2. The van der Waals surface area contributed by atoms with Gasteiger partial charge in [-0.15, -0.1) is 24.0 Å². The fourth-order valence-electron chi connectivity index (χ4n) is 3.91. The van der Waals surface area contributed by atoms with Crippen molar-refractivity contribution in [2.24, 2.45) is 10.4 Å². The summed E-state index contributed by atoms with van der Waals surface area (Å²) in [5, 5.41) is 6.72. The van der Waals surface area contributed by atoms with Crippen molar-refractivity contribution in [1.82, 2.24) is 15.5 Å². The van der Waals surface area contributed by atoms with Crippen LogP contribution in [0.3, 0.4) is 0 Å². The first kappa shape index (κ1) is 27.5. The Balaban J connectivity index is 0.00000480. The molecule has 8 heteroatoms. The number of methoxy groups -OCH3 is 1. The molecule has 1 aliphatic rings. The van der Waals surface area contributed by atoms with E-state index in [1.54, 1.807) is 12.0 Å². The predicted octanol–water partition coefficient (Wildman–Crippen LogP) is 3.34. The Morgan fingerprint density at radius 2 is 1.90 bits per heavy atom. The van der Waals surface area contributed by atoms with Crippen molar-refractivity contribution in [1.29, 1.82) is 0 Å². The fraction of sp³-hybridized carbons (Fsp3) is 0.652. The van der Waals surface area contributed by atoms with Gasteiger partial charge in [-0.2, -0.15) is 0 Å². The topological polar surface area (TPSA) is 75.2 Å². The van der Waals surface area contributed by atoms with E-state index >= 15 is 0 Å². The Bertz CT molecular complexity index is 719. The number of benzene rings is 1. The van der Waals surface area contributed by atoms with E-state index in [2.05, 4.69) is 22.8 Å². The zero-order chi connectivity index (χ0) is 22.0. The van der Waals surface area contributed by atoms with Crippen LogP contribution < -0.4 is 15.4 Å². The molecule has 1 amide bonds. The van der Waals surface area contributed by atoms with Gasteiger partial charge in [-0.3, -0.25) is 4.79 Å². The third-order valence-electron chi connectivity index (χ3n) is 5.53. The van der Waals surface area contributed by atoms with Crippen LogP contribution in [0.25, 0.3) is 0 Å². The molecule has 1 saturated carbocycles. The maximum Gasteiger partial charge on any atom is 0.230 e. The molecule has 1 aromatic carbocycles. The van der Waals surface area contributed by atoms with Gasteiger partial charge >= 0.3 is 0 Å². The zero-order valence-corrected chi connectivity index (χ0v) is 22.0. The van der Waals surface area contributed by atoms with Gasteiger partial charge in [0.15, 0.2) is 5.96 Å². The van der Waals surface area contributed by atoms with Crippen LogP contribution in [-0.4, -0.2) is 64.3 Å². The Labute approximate surface area is 204 Å². The van der Waals surface area contributed by atoms with Crippen LogP contribution in [0.4, 0.5) is 0 Å². The molecule has 31 heavy (non-hydrogen) atoms. The molecule has 0 heterocycles. The van der Waals surface area contributed by atoms with Crippen molar-refractivity contribution in [3.63, 3.8) is 0 Å². The molecule has 1 aliphatic carbocycles. The van der Waals surface area contributed by atoms with E-state index in [9.17, 15) is 4.79 Å². The van der Waals surface area contributed by atoms with Gasteiger partial charge in [0.25, 0.3) is 0 Å². The molecule has 0 unspecified atom stereocenters.